The molecule has 0 N–H and O–H groups in total. The van der Waals surface area contributed by atoms with Gasteiger partial charge in [0, 0.05) is 17.8 Å². The van der Waals surface area contributed by atoms with Crippen molar-refractivity contribution in [3.63, 3.8) is 0 Å². The normalized spacial score (nSPS) is 11.3. The molecular formula is C12H9BrN2. The Bertz CT molecular complexity index is 655. The van der Waals surface area contributed by atoms with Crippen molar-refractivity contribution in [2.75, 3.05) is 0 Å². The van der Waals surface area contributed by atoms with Crippen LogP contribution in [0.5, 0.6) is 0 Å². The largest absolute Gasteiger partial charge is 0.305 e. The molecule has 0 aliphatic rings. The van der Waals surface area contributed by atoms with Crippen molar-refractivity contribution >= 4 is 32.3 Å². The van der Waals surface area contributed by atoms with Gasteiger partial charge in [-0.15, -0.1) is 0 Å². The molecule has 0 saturated carbocycles. The third kappa shape index (κ3) is 1.35. The maximum atomic E-state index is 4.45. The number of rotatable bonds is 0. The zero-order chi connectivity index (χ0) is 10.4. The summed E-state index contributed by atoms with van der Waals surface area (Å²) in [7, 11) is 0. The fourth-order valence-electron chi connectivity index (χ4n) is 1.86. The van der Waals surface area contributed by atoms with Crippen LogP contribution >= 0.6 is 15.9 Å². The Kier molecular flexibility index (Phi) is 1.83. The van der Waals surface area contributed by atoms with E-state index in [1.807, 2.05) is 16.8 Å². The summed E-state index contributed by atoms with van der Waals surface area (Å²) in [4.78, 5) is 4.45. The van der Waals surface area contributed by atoms with E-state index >= 15 is 0 Å². The topological polar surface area (TPSA) is 17.3 Å². The zero-order valence-electron chi connectivity index (χ0n) is 8.24. The van der Waals surface area contributed by atoms with Gasteiger partial charge in [0.2, 0.25) is 0 Å². The number of halogens is 1. The van der Waals surface area contributed by atoms with Crippen molar-refractivity contribution in [2.45, 2.75) is 6.92 Å². The van der Waals surface area contributed by atoms with E-state index < -0.39 is 0 Å². The average Bonchev–Trinajstić information content (AvgIpc) is 2.58. The minimum Gasteiger partial charge on any atom is -0.305 e. The third-order valence-electron chi connectivity index (χ3n) is 2.57. The van der Waals surface area contributed by atoms with Gasteiger partial charge in [0.15, 0.2) is 0 Å². The first-order valence-electron chi connectivity index (χ1n) is 4.77. The van der Waals surface area contributed by atoms with Gasteiger partial charge in [0.05, 0.1) is 0 Å². The summed E-state index contributed by atoms with van der Waals surface area (Å²) in [5.74, 6) is 0. The van der Waals surface area contributed by atoms with Gasteiger partial charge in [-0.25, -0.2) is 4.98 Å². The van der Waals surface area contributed by atoms with Gasteiger partial charge in [-0.05, 0) is 34.3 Å². The summed E-state index contributed by atoms with van der Waals surface area (Å²) >= 11 is 3.39. The Hall–Kier alpha value is -1.35. The zero-order valence-corrected chi connectivity index (χ0v) is 9.82. The molecule has 15 heavy (non-hydrogen) atoms. The summed E-state index contributed by atoms with van der Waals surface area (Å²) in [5.41, 5.74) is 2.27. The molecule has 0 aliphatic carbocycles. The molecule has 0 amide bonds. The highest BCUT2D eigenvalue weighted by atomic mass is 79.9. The number of benzene rings is 1. The van der Waals surface area contributed by atoms with Gasteiger partial charge >= 0.3 is 0 Å². The van der Waals surface area contributed by atoms with Crippen LogP contribution in [0.3, 0.4) is 0 Å². The Morgan fingerprint density at radius 2 is 2.13 bits per heavy atom. The molecule has 3 rings (SSSR count). The first-order chi connectivity index (χ1) is 7.24. The summed E-state index contributed by atoms with van der Waals surface area (Å²) in [6.45, 7) is 2.10. The number of aryl methyl sites for hydroxylation is 1. The maximum absolute atomic E-state index is 4.45. The van der Waals surface area contributed by atoms with Crippen molar-refractivity contribution in [1.82, 2.24) is 9.38 Å². The highest BCUT2D eigenvalue weighted by Gasteiger charge is 2.03. The lowest BCUT2D eigenvalue weighted by molar-refractivity contribution is 1.20. The van der Waals surface area contributed by atoms with Crippen molar-refractivity contribution in [1.29, 1.82) is 0 Å². The summed E-state index contributed by atoms with van der Waals surface area (Å²) in [6.07, 6.45) is 4.00. The lowest BCUT2D eigenvalue weighted by Crippen LogP contribution is -1.84. The second kappa shape index (κ2) is 3.07. The predicted octanol–water partition coefficient (Wildman–Crippen LogP) is 3.56. The van der Waals surface area contributed by atoms with E-state index in [1.165, 1.54) is 16.3 Å². The average molecular weight is 261 g/mol. The second-order valence-electron chi connectivity index (χ2n) is 3.70. The van der Waals surface area contributed by atoms with Crippen LogP contribution in [0.25, 0.3) is 16.4 Å². The van der Waals surface area contributed by atoms with E-state index in [0.29, 0.717) is 0 Å². The molecule has 0 radical (unpaired) electrons. The minimum absolute atomic E-state index is 0.871. The molecule has 0 saturated heterocycles. The van der Waals surface area contributed by atoms with Crippen molar-refractivity contribution in [2.24, 2.45) is 0 Å². The number of nitrogens with zero attached hydrogens (tertiary/aromatic N) is 2. The molecule has 74 valence electrons. The number of hydrogen-bond donors (Lipinski definition) is 0. The third-order valence-corrected chi connectivity index (χ3v) is 2.95. The van der Waals surface area contributed by atoms with E-state index in [9.17, 15) is 0 Å². The van der Waals surface area contributed by atoms with E-state index in [-0.39, 0.29) is 0 Å². The summed E-state index contributed by atoms with van der Waals surface area (Å²) in [6, 6.07) is 8.53. The van der Waals surface area contributed by atoms with Gasteiger partial charge in [-0.3, -0.25) is 0 Å². The van der Waals surface area contributed by atoms with Crippen LogP contribution in [-0.2, 0) is 0 Å². The molecule has 0 aliphatic heterocycles. The lowest BCUT2D eigenvalue weighted by Gasteiger charge is -2.01. The quantitative estimate of drug-likeness (QED) is 0.604. The first kappa shape index (κ1) is 8.92. The van der Waals surface area contributed by atoms with Crippen LogP contribution in [-0.4, -0.2) is 9.38 Å². The number of imidazole rings is 1. The van der Waals surface area contributed by atoms with Crippen LogP contribution in [0.15, 0.2) is 41.3 Å². The number of aromatic nitrogens is 2. The second-order valence-corrected chi connectivity index (χ2v) is 4.51. The molecule has 0 spiro atoms. The van der Waals surface area contributed by atoms with Crippen LogP contribution < -0.4 is 0 Å². The standard InChI is InChI=1S/C12H9BrN2/c1-8-2-3-10-9(6-8)4-5-15-7-11(13)14-12(10)15/h2-7H,1H3. The molecule has 3 heteroatoms. The Balaban J connectivity index is 2.53. The van der Waals surface area contributed by atoms with Gasteiger partial charge in [-0.2, -0.15) is 0 Å². The molecule has 0 atom stereocenters. The molecule has 0 bridgehead atoms. The van der Waals surface area contributed by atoms with Crippen LogP contribution in [0.2, 0.25) is 0 Å². The van der Waals surface area contributed by atoms with Crippen LogP contribution in [0.1, 0.15) is 5.56 Å². The molecule has 0 unspecified atom stereocenters. The smallest absolute Gasteiger partial charge is 0.145 e. The van der Waals surface area contributed by atoms with Gasteiger partial charge in [0.1, 0.15) is 10.3 Å². The van der Waals surface area contributed by atoms with Gasteiger partial charge < -0.3 is 4.40 Å². The SMILES string of the molecule is Cc1ccc2c(ccn3cc(Br)nc23)c1. The van der Waals surface area contributed by atoms with Gasteiger partial charge in [-0.1, -0.05) is 23.8 Å². The predicted molar refractivity (Wildman–Crippen MR) is 65.1 cm³/mol. The first-order valence-corrected chi connectivity index (χ1v) is 5.57. The molecule has 2 aromatic heterocycles. The van der Waals surface area contributed by atoms with E-state index in [4.69, 9.17) is 0 Å². The van der Waals surface area contributed by atoms with E-state index in [0.717, 1.165) is 10.3 Å². The van der Waals surface area contributed by atoms with Crippen molar-refractivity contribution in [3.05, 3.63) is 46.8 Å². The molecule has 3 aromatic rings. The van der Waals surface area contributed by atoms with Crippen LogP contribution in [0.4, 0.5) is 0 Å². The van der Waals surface area contributed by atoms with E-state index in [2.05, 4.69) is 52.1 Å². The molecular weight excluding hydrogens is 252 g/mol. The Morgan fingerprint density at radius 1 is 1.27 bits per heavy atom. The minimum atomic E-state index is 0.871. The van der Waals surface area contributed by atoms with Gasteiger partial charge in [0.25, 0.3) is 0 Å². The monoisotopic (exact) mass is 260 g/mol. The molecule has 0 fully saturated rings. The fourth-order valence-corrected chi connectivity index (χ4v) is 2.25. The number of fused-ring (bicyclic) bond motifs is 3. The Labute approximate surface area is 95.7 Å². The molecule has 2 heterocycles. The Morgan fingerprint density at radius 3 is 3.00 bits per heavy atom. The lowest BCUT2D eigenvalue weighted by atomic mass is 10.1. The van der Waals surface area contributed by atoms with Crippen molar-refractivity contribution < 1.29 is 0 Å². The highest BCUT2D eigenvalue weighted by Crippen LogP contribution is 2.22. The fraction of sp³-hybridized carbons (Fsp3) is 0.0833. The summed E-state index contributed by atoms with van der Waals surface area (Å²) in [5, 5.41) is 2.43. The van der Waals surface area contributed by atoms with E-state index in [1.54, 1.807) is 0 Å². The highest BCUT2D eigenvalue weighted by molar-refractivity contribution is 9.10. The molecule has 1 aromatic carbocycles. The number of pyridine rings is 1. The van der Waals surface area contributed by atoms with Crippen molar-refractivity contribution in [3.8, 4) is 0 Å². The number of hydrogen-bond acceptors (Lipinski definition) is 1. The molecule has 2 nitrogen and oxygen atoms in total. The summed E-state index contributed by atoms with van der Waals surface area (Å²) < 4.78 is 2.90. The van der Waals surface area contributed by atoms with Crippen LogP contribution in [0, 0.1) is 6.92 Å². The maximum Gasteiger partial charge on any atom is 0.145 e.